The molecule has 0 aromatic heterocycles. The van der Waals surface area contributed by atoms with E-state index in [1.54, 1.807) is 20.8 Å². The Labute approximate surface area is 291 Å². The number of benzene rings is 1. The Morgan fingerprint density at radius 1 is 0.920 bits per heavy atom. The minimum absolute atomic E-state index is 0.0958. The fourth-order valence-corrected chi connectivity index (χ4v) is 5.81. The Morgan fingerprint density at radius 3 is 1.94 bits per heavy atom. The molecular formula is C32H48N2O15Si. The van der Waals surface area contributed by atoms with Crippen LogP contribution in [0.5, 0.6) is 5.75 Å². The summed E-state index contributed by atoms with van der Waals surface area (Å²) in [6.07, 6.45) is -10.2. The van der Waals surface area contributed by atoms with Gasteiger partial charge in [0.15, 0.2) is 32.4 Å². The van der Waals surface area contributed by atoms with Crippen LogP contribution in [-0.4, -0.2) is 93.2 Å². The van der Waals surface area contributed by atoms with Gasteiger partial charge in [-0.25, -0.2) is 9.59 Å². The molecule has 1 fully saturated rings. The molecule has 1 aliphatic rings. The minimum Gasteiger partial charge on any atom is -0.467 e. The molecule has 1 unspecified atom stereocenters. The first kappa shape index (κ1) is 41.9. The van der Waals surface area contributed by atoms with Crippen LogP contribution < -0.4 is 10.1 Å². The Bertz CT molecular complexity index is 1440. The lowest BCUT2D eigenvalue weighted by Crippen LogP contribution is -2.64. The molecule has 1 N–H and O–H groups in total. The van der Waals surface area contributed by atoms with Crippen LogP contribution >= 0.6 is 0 Å². The van der Waals surface area contributed by atoms with Crippen LogP contribution in [-0.2, 0) is 52.0 Å². The van der Waals surface area contributed by atoms with E-state index < -0.39 is 97.1 Å². The van der Waals surface area contributed by atoms with Crippen LogP contribution in [0, 0.1) is 10.1 Å². The van der Waals surface area contributed by atoms with E-state index >= 15 is 0 Å². The van der Waals surface area contributed by atoms with Crippen LogP contribution in [0.3, 0.4) is 0 Å². The Balaban J connectivity index is 2.64. The zero-order chi connectivity index (χ0) is 38.4. The third-order valence-electron chi connectivity index (χ3n) is 7.70. The van der Waals surface area contributed by atoms with E-state index in [0.717, 1.165) is 27.9 Å². The number of nitro benzene ring substituents is 1. The van der Waals surface area contributed by atoms with Gasteiger partial charge in [0.05, 0.1) is 24.7 Å². The maximum absolute atomic E-state index is 12.8. The monoisotopic (exact) mass is 728 g/mol. The van der Waals surface area contributed by atoms with Gasteiger partial charge in [0.2, 0.25) is 12.4 Å². The molecule has 6 atom stereocenters. The number of rotatable bonds is 12. The van der Waals surface area contributed by atoms with Crippen molar-refractivity contribution in [3.63, 3.8) is 0 Å². The van der Waals surface area contributed by atoms with Gasteiger partial charge in [-0.05, 0) is 50.5 Å². The Morgan fingerprint density at radius 2 is 1.46 bits per heavy atom. The van der Waals surface area contributed by atoms with E-state index in [-0.39, 0.29) is 11.6 Å². The van der Waals surface area contributed by atoms with Gasteiger partial charge in [0, 0.05) is 26.8 Å². The fourth-order valence-electron chi connectivity index (χ4n) is 4.53. The van der Waals surface area contributed by atoms with E-state index in [1.807, 2.05) is 33.9 Å². The summed E-state index contributed by atoms with van der Waals surface area (Å²) in [5, 5.41) is 14.8. The molecule has 0 saturated carbocycles. The number of esters is 4. The number of methoxy groups -OCH3 is 1. The van der Waals surface area contributed by atoms with Gasteiger partial charge in [0.25, 0.3) is 0 Å². The largest absolute Gasteiger partial charge is 0.467 e. The van der Waals surface area contributed by atoms with E-state index in [4.69, 9.17) is 37.6 Å². The summed E-state index contributed by atoms with van der Waals surface area (Å²) in [6.45, 7) is 18.1. The normalized spacial score (nSPS) is 21.6. The number of nitrogens with zero attached hydrogens (tertiary/aromatic N) is 1. The highest BCUT2D eigenvalue weighted by atomic mass is 28.4. The number of carbonyl (C=O) groups excluding carboxylic acids is 5. The molecule has 17 nitrogen and oxygen atoms in total. The zero-order valence-electron chi connectivity index (χ0n) is 30.5. The molecule has 1 aromatic rings. The maximum Gasteiger partial charge on any atom is 0.407 e. The summed E-state index contributed by atoms with van der Waals surface area (Å²) in [4.78, 5) is 73.3. The molecule has 1 saturated heterocycles. The first-order valence-corrected chi connectivity index (χ1v) is 18.6. The molecule has 1 heterocycles. The highest BCUT2D eigenvalue weighted by Gasteiger charge is 2.56. The third kappa shape index (κ3) is 11.7. The molecule has 0 spiro atoms. The van der Waals surface area contributed by atoms with Gasteiger partial charge < -0.3 is 42.9 Å². The SMILES string of the molecule is COC(=O)[C@H]1O[C@@H](Oc2ccc(C(CNC(=O)OC(C)(C)C)O[Si](C)(C)C(C)(C)C)cc2[N+](=O)[O-])[C@H](OC(C)=O)[C@@H](OC(C)=O)[C@@H]1OC(C)=O. The van der Waals surface area contributed by atoms with Crippen molar-refractivity contribution in [3.8, 4) is 5.75 Å². The highest BCUT2D eigenvalue weighted by Crippen LogP contribution is 2.41. The average molecular weight is 729 g/mol. The molecule has 0 bridgehead atoms. The predicted molar refractivity (Wildman–Crippen MR) is 176 cm³/mol. The van der Waals surface area contributed by atoms with Crippen molar-refractivity contribution in [3.05, 3.63) is 33.9 Å². The number of hydrogen-bond donors (Lipinski definition) is 1. The lowest BCUT2D eigenvalue weighted by Gasteiger charge is -2.43. The Hall–Kier alpha value is -4.29. The first-order chi connectivity index (χ1) is 22.9. The highest BCUT2D eigenvalue weighted by molar-refractivity contribution is 6.74. The maximum atomic E-state index is 12.8. The summed E-state index contributed by atoms with van der Waals surface area (Å²) in [5.74, 6) is -4.18. The van der Waals surface area contributed by atoms with Gasteiger partial charge >= 0.3 is 35.7 Å². The van der Waals surface area contributed by atoms with Crippen molar-refractivity contribution >= 4 is 44.0 Å². The molecule has 1 aliphatic heterocycles. The zero-order valence-corrected chi connectivity index (χ0v) is 31.5. The standard InChI is InChI=1S/C32H48N2O15Si/c1-17(35)43-24-25(44-18(2)36)27(45-19(3)37)29(47-26(24)28(38)42-10)46-22-14-13-20(15-21(22)34(40)41)23(49-50(11,12)32(7,8)9)16-33-30(39)48-31(4,5)6/h13-15,23-27,29H,16H2,1-12H3,(H,33,39)/t23?,24-,25-,26-,27+,29+/m0/s1. The van der Waals surface area contributed by atoms with Crippen LogP contribution in [0.15, 0.2) is 18.2 Å². The minimum atomic E-state index is -2.53. The van der Waals surface area contributed by atoms with Crippen molar-refractivity contribution in [1.29, 1.82) is 0 Å². The second-order valence-electron chi connectivity index (χ2n) is 14.0. The summed E-state index contributed by atoms with van der Waals surface area (Å²) in [5.41, 5.74) is -1.05. The molecule has 50 heavy (non-hydrogen) atoms. The molecule has 0 aliphatic carbocycles. The molecule has 18 heteroatoms. The summed E-state index contributed by atoms with van der Waals surface area (Å²) < 4.78 is 44.3. The van der Waals surface area contributed by atoms with E-state index in [1.165, 1.54) is 18.2 Å². The summed E-state index contributed by atoms with van der Waals surface area (Å²) >= 11 is 0. The molecule has 280 valence electrons. The predicted octanol–water partition coefficient (Wildman–Crippen LogP) is 4.25. The van der Waals surface area contributed by atoms with Crippen LogP contribution in [0.4, 0.5) is 10.5 Å². The second-order valence-corrected chi connectivity index (χ2v) is 18.8. The number of amides is 1. The smallest absolute Gasteiger partial charge is 0.407 e. The van der Waals surface area contributed by atoms with E-state index in [2.05, 4.69) is 5.32 Å². The van der Waals surface area contributed by atoms with Gasteiger partial charge in [-0.2, -0.15) is 0 Å². The Kier molecular flexibility index (Phi) is 13.9. The number of hydrogen-bond acceptors (Lipinski definition) is 15. The van der Waals surface area contributed by atoms with Crippen LogP contribution in [0.1, 0.15) is 74.0 Å². The number of carbonyl (C=O) groups is 5. The fraction of sp³-hybridized carbons (Fsp3) is 0.656. The number of ether oxygens (including phenoxy) is 7. The van der Waals surface area contributed by atoms with Crippen molar-refractivity contribution in [1.82, 2.24) is 5.32 Å². The molecule has 0 radical (unpaired) electrons. The lowest BCUT2D eigenvalue weighted by atomic mass is 9.97. The van der Waals surface area contributed by atoms with E-state index in [0.29, 0.717) is 5.56 Å². The first-order valence-electron chi connectivity index (χ1n) is 15.7. The van der Waals surface area contributed by atoms with Gasteiger partial charge in [-0.1, -0.05) is 26.8 Å². The lowest BCUT2D eigenvalue weighted by molar-refractivity contribution is -0.387. The van der Waals surface area contributed by atoms with Gasteiger partial charge in [-0.15, -0.1) is 0 Å². The quantitative estimate of drug-likeness (QED) is 0.105. The summed E-state index contributed by atoms with van der Waals surface area (Å²) in [7, 11) is -1.51. The average Bonchev–Trinajstić information content (AvgIpc) is 2.95. The third-order valence-corrected chi connectivity index (χ3v) is 12.2. The molecule has 1 aromatic carbocycles. The second kappa shape index (κ2) is 16.6. The van der Waals surface area contributed by atoms with Gasteiger partial charge in [0.1, 0.15) is 5.60 Å². The number of alkyl carbamates (subject to hydrolysis) is 1. The van der Waals surface area contributed by atoms with Gasteiger partial charge in [-0.3, -0.25) is 24.5 Å². The topological polar surface area (TPSA) is 214 Å². The van der Waals surface area contributed by atoms with Crippen molar-refractivity contribution < 1.29 is 66.5 Å². The van der Waals surface area contributed by atoms with Crippen molar-refractivity contribution in [2.75, 3.05) is 13.7 Å². The van der Waals surface area contributed by atoms with Crippen molar-refractivity contribution in [2.45, 2.75) is 123 Å². The number of nitrogens with one attached hydrogen (secondary N) is 1. The van der Waals surface area contributed by atoms with Crippen molar-refractivity contribution in [2.24, 2.45) is 0 Å². The summed E-state index contributed by atoms with van der Waals surface area (Å²) in [6, 6.07) is 3.91. The molecule has 2 rings (SSSR count). The molecular weight excluding hydrogens is 680 g/mol. The van der Waals surface area contributed by atoms with E-state index in [9.17, 15) is 34.1 Å². The van der Waals surface area contributed by atoms with Crippen LogP contribution in [0.2, 0.25) is 18.1 Å². The molecule has 1 amide bonds. The van der Waals surface area contributed by atoms with Crippen LogP contribution in [0.25, 0.3) is 0 Å². The number of nitro groups is 1.